The SMILES string of the molecule is COc1c(Cl)cccc1NCC1CCN(C(=O)OC(C)(C)C)CC1. The van der Waals surface area contributed by atoms with E-state index in [0.717, 1.165) is 38.2 Å². The Hall–Kier alpha value is -1.62. The third kappa shape index (κ3) is 5.20. The van der Waals surface area contributed by atoms with Crippen molar-refractivity contribution in [3.63, 3.8) is 0 Å². The van der Waals surface area contributed by atoms with Gasteiger partial charge in [0.1, 0.15) is 5.60 Å². The molecule has 2 rings (SSSR count). The highest BCUT2D eigenvalue weighted by Gasteiger charge is 2.26. The van der Waals surface area contributed by atoms with Crippen molar-refractivity contribution in [2.75, 3.05) is 32.1 Å². The summed E-state index contributed by atoms with van der Waals surface area (Å²) in [7, 11) is 1.62. The smallest absolute Gasteiger partial charge is 0.410 e. The number of methoxy groups -OCH3 is 1. The Bertz CT molecular complexity index is 564. The van der Waals surface area contributed by atoms with Crippen LogP contribution in [0.2, 0.25) is 5.02 Å². The number of amides is 1. The minimum Gasteiger partial charge on any atom is -0.493 e. The number of anilines is 1. The minimum atomic E-state index is -0.446. The van der Waals surface area contributed by atoms with Crippen molar-refractivity contribution in [1.82, 2.24) is 4.90 Å². The molecule has 24 heavy (non-hydrogen) atoms. The maximum atomic E-state index is 12.1. The molecule has 1 amide bonds. The van der Waals surface area contributed by atoms with Gasteiger partial charge < -0.3 is 19.7 Å². The average Bonchev–Trinajstić information content (AvgIpc) is 2.52. The lowest BCUT2D eigenvalue weighted by Gasteiger charge is -2.33. The van der Waals surface area contributed by atoms with E-state index in [1.807, 2.05) is 39.0 Å². The number of halogens is 1. The van der Waals surface area contributed by atoms with Crippen molar-refractivity contribution in [2.45, 2.75) is 39.2 Å². The van der Waals surface area contributed by atoms with E-state index in [9.17, 15) is 4.79 Å². The molecule has 0 bridgehead atoms. The number of carbonyl (C=O) groups is 1. The lowest BCUT2D eigenvalue weighted by molar-refractivity contribution is 0.0188. The lowest BCUT2D eigenvalue weighted by atomic mass is 9.97. The largest absolute Gasteiger partial charge is 0.493 e. The minimum absolute atomic E-state index is 0.217. The van der Waals surface area contributed by atoms with Crippen LogP contribution < -0.4 is 10.1 Å². The van der Waals surface area contributed by atoms with Gasteiger partial charge in [0.25, 0.3) is 0 Å². The molecule has 0 radical (unpaired) electrons. The molecule has 0 spiro atoms. The van der Waals surface area contributed by atoms with Crippen molar-refractivity contribution < 1.29 is 14.3 Å². The topological polar surface area (TPSA) is 50.8 Å². The zero-order valence-electron chi connectivity index (χ0n) is 14.9. The van der Waals surface area contributed by atoms with Gasteiger partial charge in [0, 0.05) is 19.6 Å². The van der Waals surface area contributed by atoms with Gasteiger partial charge in [-0.15, -0.1) is 0 Å². The van der Waals surface area contributed by atoms with Gasteiger partial charge in [-0.1, -0.05) is 17.7 Å². The molecule has 1 saturated heterocycles. The van der Waals surface area contributed by atoms with Gasteiger partial charge in [-0.3, -0.25) is 0 Å². The molecule has 1 aromatic rings. The summed E-state index contributed by atoms with van der Waals surface area (Å²) in [5.41, 5.74) is 0.457. The maximum absolute atomic E-state index is 12.1. The molecular formula is C18H27ClN2O3. The number of piperidine rings is 1. The first kappa shape index (κ1) is 18.7. The molecule has 0 aromatic heterocycles. The first-order valence-electron chi connectivity index (χ1n) is 8.34. The first-order valence-corrected chi connectivity index (χ1v) is 8.72. The van der Waals surface area contributed by atoms with Gasteiger partial charge in [-0.2, -0.15) is 0 Å². The van der Waals surface area contributed by atoms with Crippen molar-refractivity contribution in [3.8, 4) is 5.75 Å². The molecule has 134 valence electrons. The summed E-state index contributed by atoms with van der Waals surface area (Å²) < 4.78 is 10.8. The van der Waals surface area contributed by atoms with E-state index in [0.29, 0.717) is 16.7 Å². The molecule has 1 aromatic carbocycles. The van der Waals surface area contributed by atoms with Crippen molar-refractivity contribution in [2.24, 2.45) is 5.92 Å². The van der Waals surface area contributed by atoms with Crippen LogP contribution in [-0.2, 0) is 4.74 Å². The molecule has 1 heterocycles. The predicted molar refractivity (Wildman–Crippen MR) is 97.0 cm³/mol. The molecule has 0 saturated carbocycles. The second kappa shape index (κ2) is 7.97. The molecule has 1 N–H and O–H groups in total. The predicted octanol–water partition coefficient (Wildman–Crippen LogP) is 4.41. The van der Waals surface area contributed by atoms with E-state index < -0.39 is 5.60 Å². The van der Waals surface area contributed by atoms with Gasteiger partial charge in [0.15, 0.2) is 5.75 Å². The molecule has 0 unspecified atom stereocenters. The number of ether oxygens (including phenoxy) is 2. The van der Waals surface area contributed by atoms with Gasteiger partial charge in [0.05, 0.1) is 17.8 Å². The summed E-state index contributed by atoms with van der Waals surface area (Å²) in [6.45, 7) is 7.96. The first-order chi connectivity index (χ1) is 11.3. The van der Waals surface area contributed by atoms with E-state index in [4.69, 9.17) is 21.1 Å². The summed E-state index contributed by atoms with van der Waals surface area (Å²) in [5.74, 6) is 1.18. The van der Waals surface area contributed by atoms with Gasteiger partial charge in [0.2, 0.25) is 0 Å². The van der Waals surface area contributed by atoms with Crippen LogP contribution in [0.5, 0.6) is 5.75 Å². The molecular weight excluding hydrogens is 328 g/mol. The van der Waals surface area contributed by atoms with Crippen LogP contribution in [0.1, 0.15) is 33.6 Å². The number of carbonyl (C=O) groups excluding carboxylic acids is 1. The summed E-state index contributed by atoms with van der Waals surface area (Å²) in [6.07, 6.45) is 1.69. The normalized spacial score (nSPS) is 16.0. The van der Waals surface area contributed by atoms with Gasteiger partial charge >= 0.3 is 6.09 Å². The third-order valence-corrected chi connectivity index (χ3v) is 4.32. The standard InChI is InChI=1S/C18H27ClN2O3/c1-18(2,3)24-17(22)21-10-8-13(9-11-21)12-20-15-7-5-6-14(19)16(15)23-4/h5-7,13,20H,8-12H2,1-4H3. The fourth-order valence-electron chi connectivity index (χ4n) is 2.76. The van der Waals surface area contributed by atoms with E-state index >= 15 is 0 Å². The number of nitrogens with one attached hydrogen (secondary N) is 1. The molecule has 1 fully saturated rings. The number of para-hydroxylation sites is 1. The molecule has 5 nitrogen and oxygen atoms in total. The molecule has 1 aliphatic heterocycles. The Balaban J connectivity index is 1.82. The second-order valence-corrected chi connectivity index (χ2v) is 7.52. The maximum Gasteiger partial charge on any atom is 0.410 e. The lowest BCUT2D eigenvalue weighted by Crippen LogP contribution is -2.42. The van der Waals surface area contributed by atoms with Crippen LogP contribution >= 0.6 is 11.6 Å². The van der Waals surface area contributed by atoms with Crippen molar-refractivity contribution in [3.05, 3.63) is 23.2 Å². The number of benzene rings is 1. The van der Waals surface area contributed by atoms with Gasteiger partial charge in [-0.05, 0) is 51.7 Å². The second-order valence-electron chi connectivity index (χ2n) is 7.11. The van der Waals surface area contributed by atoms with Crippen LogP contribution in [0, 0.1) is 5.92 Å². The van der Waals surface area contributed by atoms with Crippen molar-refractivity contribution in [1.29, 1.82) is 0 Å². The average molecular weight is 355 g/mol. The highest BCUT2D eigenvalue weighted by molar-refractivity contribution is 6.32. The molecule has 0 aliphatic carbocycles. The number of hydrogen-bond acceptors (Lipinski definition) is 4. The van der Waals surface area contributed by atoms with E-state index in [1.54, 1.807) is 12.0 Å². The third-order valence-electron chi connectivity index (χ3n) is 4.02. The van der Waals surface area contributed by atoms with Crippen LogP contribution in [0.25, 0.3) is 0 Å². The Morgan fingerprint density at radius 3 is 2.58 bits per heavy atom. The van der Waals surface area contributed by atoms with E-state index in [-0.39, 0.29) is 6.09 Å². The highest BCUT2D eigenvalue weighted by Crippen LogP contribution is 2.33. The van der Waals surface area contributed by atoms with Crippen LogP contribution in [0.3, 0.4) is 0 Å². The molecule has 6 heteroatoms. The summed E-state index contributed by atoms with van der Waals surface area (Å²) in [6, 6.07) is 5.67. The quantitative estimate of drug-likeness (QED) is 0.870. The fourth-order valence-corrected chi connectivity index (χ4v) is 3.01. The number of rotatable bonds is 4. The Morgan fingerprint density at radius 1 is 1.33 bits per heavy atom. The Labute approximate surface area is 149 Å². The number of likely N-dealkylation sites (tertiary alicyclic amines) is 1. The zero-order chi connectivity index (χ0) is 17.7. The summed E-state index contributed by atoms with van der Waals surface area (Å²) in [5, 5.41) is 4.01. The van der Waals surface area contributed by atoms with Crippen LogP contribution in [-0.4, -0.2) is 43.3 Å². The molecule has 1 aliphatic rings. The van der Waals surface area contributed by atoms with E-state index in [2.05, 4.69) is 5.32 Å². The van der Waals surface area contributed by atoms with E-state index in [1.165, 1.54) is 0 Å². The summed E-state index contributed by atoms with van der Waals surface area (Å²) >= 11 is 6.13. The van der Waals surface area contributed by atoms with Crippen LogP contribution in [0.15, 0.2) is 18.2 Å². The summed E-state index contributed by atoms with van der Waals surface area (Å²) in [4.78, 5) is 13.9. The Kier molecular flexibility index (Phi) is 6.21. The van der Waals surface area contributed by atoms with Crippen molar-refractivity contribution >= 4 is 23.4 Å². The van der Waals surface area contributed by atoms with Crippen LogP contribution in [0.4, 0.5) is 10.5 Å². The fraction of sp³-hybridized carbons (Fsp3) is 0.611. The number of nitrogens with zero attached hydrogens (tertiary/aromatic N) is 1. The monoisotopic (exact) mass is 354 g/mol. The molecule has 0 atom stereocenters. The highest BCUT2D eigenvalue weighted by atomic mass is 35.5. The Morgan fingerprint density at radius 2 is 2.00 bits per heavy atom. The number of hydrogen-bond donors (Lipinski definition) is 1. The zero-order valence-corrected chi connectivity index (χ0v) is 15.7. The van der Waals surface area contributed by atoms with Gasteiger partial charge in [-0.25, -0.2) is 4.79 Å².